The van der Waals surface area contributed by atoms with Crippen LogP contribution < -0.4 is 16.0 Å². The van der Waals surface area contributed by atoms with Gasteiger partial charge in [0, 0.05) is 29.5 Å². The minimum Gasteiger partial charge on any atom is -0.349 e. The maximum Gasteiger partial charge on any atom is 0.279 e. The van der Waals surface area contributed by atoms with Gasteiger partial charge in [0.25, 0.3) is 17.7 Å². The summed E-state index contributed by atoms with van der Waals surface area (Å²) >= 11 is 6.24. The van der Waals surface area contributed by atoms with Gasteiger partial charge in [-0.15, -0.1) is 0 Å². The molecule has 182 valence electrons. The molecule has 3 aromatic carbocycles. The first-order chi connectivity index (χ1) is 17.2. The zero-order valence-electron chi connectivity index (χ0n) is 19.6. The highest BCUT2D eigenvalue weighted by atomic mass is 35.5. The van der Waals surface area contributed by atoms with Crippen LogP contribution >= 0.6 is 11.6 Å². The third kappa shape index (κ3) is 5.45. The number of imide groups is 1. The highest BCUT2D eigenvalue weighted by Crippen LogP contribution is 2.29. The summed E-state index contributed by atoms with van der Waals surface area (Å²) in [5, 5.41) is 8.20. The van der Waals surface area contributed by atoms with Crippen LogP contribution in [0.4, 0.5) is 17.1 Å². The number of carbonyl (C=O) groups excluding carboxylic acids is 4. The molecule has 4 amide bonds. The third-order valence-corrected chi connectivity index (χ3v) is 5.87. The number of carbonyl (C=O) groups is 4. The van der Waals surface area contributed by atoms with Gasteiger partial charge in [0.05, 0.1) is 6.54 Å². The molecule has 0 unspecified atom stereocenters. The van der Waals surface area contributed by atoms with Crippen molar-refractivity contribution in [2.75, 3.05) is 16.0 Å². The second-order valence-electron chi connectivity index (χ2n) is 8.24. The van der Waals surface area contributed by atoms with E-state index in [1.54, 1.807) is 42.5 Å². The van der Waals surface area contributed by atoms with Crippen molar-refractivity contribution in [1.29, 1.82) is 0 Å². The van der Waals surface area contributed by atoms with Crippen molar-refractivity contribution >= 4 is 52.3 Å². The molecule has 0 aliphatic carbocycles. The van der Waals surface area contributed by atoms with Crippen LogP contribution in [0.25, 0.3) is 0 Å². The number of halogens is 1. The highest BCUT2D eigenvalue weighted by Gasteiger charge is 2.38. The Morgan fingerprint density at radius 1 is 0.861 bits per heavy atom. The van der Waals surface area contributed by atoms with Crippen LogP contribution in [0.2, 0.25) is 0 Å². The number of anilines is 3. The topological polar surface area (TPSA) is 108 Å². The number of hydrogen-bond acceptors (Lipinski definition) is 5. The van der Waals surface area contributed by atoms with Crippen molar-refractivity contribution in [3.63, 3.8) is 0 Å². The minimum atomic E-state index is -0.581. The number of amides is 4. The molecular weight excluding hydrogens is 480 g/mol. The summed E-state index contributed by atoms with van der Waals surface area (Å²) in [7, 11) is 0. The second kappa shape index (κ2) is 10.5. The van der Waals surface area contributed by atoms with Crippen molar-refractivity contribution in [2.24, 2.45) is 0 Å². The van der Waals surface area contributed by atoms with Crippen LogP contribution in [0.3, 0.4) is 0 Å². The van der Waals surface area contributed by atoms with E-state index in [9.17, 15) is 19.2 Å². The number of nitrogens with one attached hydrogen (secondary N) is 3. The van der Waals surface area contributed by atoms with E-state index in [1.807, 2.05) is 37.3 Å². The molecule has 1 heterocycles. The molecule has 8 nitrogen and oxygen atoms in total. The lowest BCUT2D eigenvalue weighted by atomic mass is 10.1. The summed E-state index contributed by atoms with van der Waals surface area (Å²) in [4.78, 5) is 50.7. The third-order valence-electron chi connectivity index (χ3n) is 5.52. The fourth-order valence-electron chi connectivity index (χ4n) is 3.64. The van der Waals surface area contributed by atoms with Gasteiger partial charge in [-0.1, -0.05) is 48.0 Å². The molecular formula is C27H23ClN4O4. The van der Waals surface area contributed by atoms with Crippen molar-refractivity contribution in [3.8, 4) is 0 Å². The molecule has 1 aliphatic heterocycles. The highest BCUT2D eigenvalue weighted by molar-refractivity contribution is 6.48. The molecule has 0 saturated carbocycles. The van der Waals surface area contributed by atoms with Crippen LogP contribution in [0.15, 0.2) is 83.5 Å². The molecule has 0 aromatic heterocycles. The van der Waals surface area contributed by atoms with Gasteiger partial charge >= 0.3 is 0 Å². The van der Waals surface area contributed by atoms with Crippen molar-refractivity contribution in [3.05, 3.63) is 100 Å². The van der Waals surface area contributed by atoms with Gasteiger partial charge in [-0.25, -0.2) is 0 Å². The van der Waals surface area contributed by atoms with E-state index < -0.39 is 11.8 Å². The van der Waals surface area contributed by atoms with Crippen LogP contribution in [0.1, 0.15) is 28.4 Å². The summed E-state index contributed by atoms with van der Waals surface area (Å²) in [5.74, 6) is -1.68. The van der Waals surface area contributed by atoms with Crippen LogP contribution in [0, 0.1) is 6.92 Å². The molecule has 0 spiro atoms. The van der Waals surface area contributed by atoms with Gasteiger partial charge in [-0.05, 0) is 54.4 Å². The quantitative estimate of drug-likeness (QED) is 0.408. The van der Waals surface area contributed by atoms with Crippen molar-refractivity contribution < 1.29 is 19.2 Å². The molecule has 4 rings (SSSR count). The maximum absolute atomic E-state index is 13.0. The lowest BCUT2D eigenvalue weighted by Crippen LogP contribution is -2.31. The molecule has 3 N–H and O–H groups in total. The van der Waals surface area contributed by atoms with Gasteiger partial charge in [0.2, 0.25) is 5.91 Å². The van der Waals surface area contributed by atoms with Gasteiger partial charge in [0.1, 0.15) is 10.7 Å². The Hall–Kier alpha value is -4.43. The number of benzene rings is 3. The standard InChI is InChI=1S/C27H23ClN4O4/c1-16-8-9-19(25(34)30-21-12-10-20(11-13-21)29-17(2)33)14-22(16)31-24-23(28)26(35)32(27(24)36)15-18-6-4-3-5-7-18/h3-14,31H,15H2,1-2H3,(H,29,33)(H,30,34). The molecule has 1 aliphatic rings. The zero-order chi connectivity index (χ0) is 25.8. The normalized spacial score (nSPS) is 13.1. The predicted octanol–water partition coefficient (Wildman–Crippen LogP) is 4.64. The largest absolute Gasteiger partial charge is 0.349 e. The van der Waals surface area contributed by atoms with E-state index in [-0.39, 0.29) is 29.1 Å². The minimum absolute atomic E-state index is 0.0354. The van der Waals surface area contributed by atoms with Crippen molar-refractivity contribution in [2.45, 2.75) is 20.4 Å². The summed E-state index contributed by atoms with van der Waals surface area (Å²) in [5.41, 5.74) is 3.48. The molecule has 3 aromatic rings. The van der Waals surface area contributed by atoms with E-state index in [2.05, 4.69) is 16.0 Å². The van der Waals surface area contributed by atoms with Crippen LogP contribution in [-0.4, -0.2) is 28.5 Å². The Bertz CT molecular complexity index is 1380. The summed E-state index contributed by atoms with van der Waals surface area (Å²) in [6.45, 7) is 3.32. The van der Waals surface area contributed by atoms with Crippen LogP contribution in [0.5, 0.6) is 0 Å². The molecule has 0 radical (unpaired) electrons. The summed E-state index contributed by atoms with van der Waals surface area (Å²) in [6.07, 6.45) is 0. The van der Waals surface area contributed by atoms with Gasteiger partial charge in [0.15, 0.2) is 0 Å². The SMILES string of the molecule is CC(=O)Nc1ccc(NC(=O)c2ccc(C)c(NC3=C(Cl)C(=O)N(Cc4ccccc4)C3=O)c2)cc1. The first kappa shape index (κ1) is 24.7. The molecule has 0 bridgehead atoms. The van der Waals surface area contributed by atoms with Crippen molar-refractivity contribution in [1.82, 2.24) is 4.90 Å². The average Bonchev–Trinajstić information content (AvgIpc) is 3.05. The average molecular weight is 503 g/mol. The molecule has 9 heteroatoms. The monoisotopic (exact) mass is 502 g/mol. The van der Waals surface area contributed by atoms with Gasteiger partial charge in [-0.3, -0.25) is 24.1 Å². The predicted molar refractivity (Wildman–Crippen MR) is 138 cm³/mol. The lowest BCUT2D eigenvalue weighted by Gasteiger charge is -2.16. The van der Waals surface area contributed by atoms with E-state index in [0.29, 0.717) is 22.6 Å². The molecule has 36 heavy (non-hydrogen) atoms. The Morgan fingerprint density at radius 3 is 2.14 bits per heavy atom. The zero-order valence-corrected chi connectivity index (χ0v) is 20.3. The fraction of sp³-hybridized carbons (Fsp3) is 0.111. The first-order valence-electron chi connectivity index (χ1n) is 11.1. The first-order valence-corrected chi connectivity index (χ1v) is 11.5. The second-order valence-corrected chi connectivity index (χ2v) is 8.62. The number of hydrogen-bond donors (Lipinski definition) is 3. The molecule has 0 fully saturated rings. The summed E-state index contributed by atoms with van der Waals surface area (Å²) in [6, 6.07) is 20.8. The number of rotatable bonds is 7. The molecule has 0 saturated heterocycles. The number of nitrogens with zero attached hydrogens (tertiary/aromatic N) is 1. The van der Waals surface area contributed by atoms with E-state index in [0.717, 1.165) is 16.0 Å². The Kier molecular flexibility index (Phi) is 7.17. The Morgan fingerprint density at radius 2 is 1.50 bits per heavy atom. The Balaban J connectivity index is 1.49. The van der Waals surface area contributed by atoms with E-state index >= 15 is 0 Å². The summed E-state index contributed by atoms with van der Waals surface area (Å²) < 4.78 is 0. The lowest BCUT2D eigenvalue weighted by molar-refractivity contribution is -0.138. The van der Waals surface area contributed by atoms with Gasteiger partial charge < -0.3 is 16.0 Å². The van der Waals surface area contributed by atoms with Gasteiger partial charge in [-0.2, -0.15) is 0 Å². The van der Waals surface area contributed by atoms with E-state index in [1.165, 1.54) is 6.92 Å². The number of aryl methyl sites for hydroxylation is 1. The maximum atomic E-state index is 13.0. The Labute approximate surface area is 212 Å². The van der Waals surface area contributed by atoms with E-state index in [4.69, 9.17) is 11.6 Å². The smallest absolute Gasteiger partial charge is 0.279 e. The fourth-order valence-corrected chi connectivity index (χ4v) is 3.87. The molecule has 0 atom stereocenters. The van der Waals surface area contributed by atoms with Crippen LogP contribution in [-0.2, 0) is 20.9 Å².